The average Bonchev–Trinajstić information content (AvgIpc) is 3.44. The van der Waals surface area contributed by atoms with E-state index < -0.39 is 12.1 Å². The molecule has 11 heteroatoms. The normalized spacial score (nSPS) is 18.5. The first-order chi connectivity index (χ1) is 15.0. The number of carbonyl (C=O) groups excluding carboxylic acids is 1. The first kappa shape index (κ1) is 23.8. The van der Waals surface area contributed by atoms with Crippen molar-refractivity contribution in [3.63, 3.8) is 0 Å². The summed E-state index contributed by atoms with van der Waals surface area (Å²) in [6.45, 7) is 3.83. The molecular formula is C21H28F3N5O3. The molecule has 2 aliphatic heterocycles. The van der Waals surface area contributed by atoms with Crippen LogP contribution in [0.4, 0.5) is 13.2 Å². The van der Waals surface area contributed by atoms with Gasteiger partial charge in [-0.2, -0.15) is 18.3 Å². The highest BCUT2D eigenvalue weighted by molar-refractivity contribution is 5.92. The molecule has 176 valence electrons. The number of carbonyl (C=O) groups is 2. The van der Waals surface area contributed by atoms with E-state index in [-0.39, 0.29) is 11.4 Å². The van der Waals surface area contributed by atoms with Gasteiger partial charge in [-0.3, -0.25) is 14.4 Å². The lowest BCUT2D eigenvalue weighted by atomic mass is 9.84. The zero-order valence-corrected chi connectivity index (χ0v) is 18.2. The van der Waals surface area contributed by atoms with Crippen molar-refractivity contribution in [2.75, 3.05) is 19.6 Å². The van der Waals surface area contributed by atoms with Gasteiger partial charge in [0, 0.05) is 57.2 Å². The number of amides is 1. The van der Waals surface area contributed by atoms with Gasteiger partial charge < -0.3 is 14.6 Å². The number of alkyl halides is 3. The Kier molecular flexibility index (Phi) is 6.97. The summed E-state index contributed by atoms with van der Waals surface area (Å²) in [7, 11) is 3.90. The topological polar surface area (TPSA) is 83.6 Å². The highest BCUT2D eigenvalue weighted by atomic mass is 19.4. The van der Waals surface area contributed by atoms with E-state index in [0.29, 0.717) is 0 Å². The first-order valence-corrected chi connectivity index (χ1v) is 10.5. The average molecular weight is 455 g/mol. The van der Waals surface area contributed by atoms with Gasteiger partial charge in [0.1, 0.15) is 5.69 Å². The number of piperidine rings is 1. The van der Waals surface area contributed by atoms with Crippen LogP contribution in [0.2, 0.25) is 0 Å². The third kappa shape index (κ3) is 5.32. The molecule has 32 heavy (non-hydrogen) atoms. The quantitative estimate of drug-likeness (QED) is 0.770. The number of likely N-dealkylation sites (tertiary alicyclic amines) is 2. The van der Waals surface area contributed by atoms with E-state index >= 15 is 0 Å². The number of carboxylic acids is 1. The second-order valence-corrected chi connectivity index (χ2v) is 8.37. The smallest absolute Gasteiger partial charge is 0.475 e. The van der Waals surface area contributed by atoms with Gasteiger partial charge in [-0.15, -0.1) is 0 Å². The molecule has 2 aromatic heterocycles. The Hall–Kier alpha value is -2.82. The molecule has 0 radical (unpaired) electrons. The summed E-state index contributed by atoms with van der Waals surface area (Å²) in [5.41, 5.74) is 2.33. The second-order valence-electron chi connectivity index (χ2n) is 8.37. The van der Waals surface area contributed by atoms with E-state index in [1.165, 1.54) is 18.4 Å². The summed E-state index contributed by atoms with van der Waals surface area (Å²) in [6, 6.07) is 3.85. The molecule has 4 rings (SSSR count). The Labute approximate surface area is 184 Å². The van der Waals surface area contributed by atoms with Gasteiger partial charge in [0.05, 0.1) is 6.20 Å². The van der Waals surface area contributed by atoms with Crippen LogP contribution in [-0.4, -0.2) is 72.5 Å². The lowest BCUT2D eigenvalue weighted by Gasteiger charge is -2.45. The van der Waals surface area contributed by atoms with Crippen LogP contribution in [0.5, 0.6) is 0 Å². The van der Waals surface area contributed by atoms with E-state index in [1.807, 2.05) is 52.8 Å². The van der Waals surface area contributed by atoms with Crippen molar-refractivity contribution in [3.8, 4) is 0 Å². The van der Waals surface area contributed by atoms with E-state index in [0.717, 1.165) is 44.7 Å². The fourth-order valence-electron chi connectivity index (χ4n) is 4.55. The van der Waals surface area contributed by atoms with Gasteiger partial charge in [0.15, 0.2) is 0 Å². The summed E-state index contributed by atoms with van der Waals surface area (Å²) in [5, 5.41) is 11.4. The molecule has 2 fully saturated rings. The summed E-state index contributed by atoms with van der Waals surface area (Å²) in [5.74, 6) is -2.59. The standard InChI is InChI=1S/C19H27N5O.C2HF3O2/c1-21-9-3-5-17(21)18(25)23-11-7-19(8-12-23)6-4-10-24(19)15-16-13-20-22(2)14-16;3-2(4,5)1(6)7/h3,5,9,13-14H,4,6-8,10-12,15H2,1-2H3;(H,6,7). The summed E-state index contributed by atoms with van der Waals surface area (Å²) in [6.07, 6.45) is 5.59. The zero-order chi connectivity index (χ0) is 23.5. The van der Waals surface area contributed by atoms with Gasteiger partial charge in [-0.1, -0.05) is 0 Å². The molecule has 0 bridgehead atoms. The van der Waals surface area contributed by atoms with E-state index in [2.05, 4.69) is 16.2 Å². The molecule has 0 saturated carbocycles. The summed E-state index contributed by atoms with van der Waals surface area (Å²) < 4.78 is 35.5. The molecule has 2 aliphatic rings. The van der Waals surface area contributed by atoms with Gasteiger partial charge in [-0.25, -0.2) is 4.79 Å². The lowest BCUT2D eigenvalue weighted by Crippen LogP contribution is -2.53. The molecule has 1 spiro atoms. The molecule has 1 N–H and O–H groups in total. The van der Waals surface area contributed by atoms with E-state index in [1.54, 1.807) is 0 Å². The van der Waals surface area contributed by atoms with Gasteiger partial charge in [0.25, 0.3) is 5.91 Å². The minimum absolute atomic E-state index is 0.166. The first-order valence-electron chi connectivity index (χ1n) is 10.5. The van der Waals surface area contributed by atoms with Crippen molar-refractivity contribution >= 4 is 11.9 Å². The third-order valence-electron chi connectivity index (χ3n) is 6.26. The fraction of sp³-hybridized carbons (Fsp3) is 0.571. The molecule has 1 amide bonds. The maximum atomic E-state index is 12.7. The largest absolute Gasteiger partial charge is 0.490 e. The van der Waals surface area contributed by atoms with Gasteiger partial charge >= 0.3 is 12.1 Å². The van der Waals surface area contributed by atoms with E-state index in [9.17, 15) is 18.0 Å². The number of halogens is 3. The number of aromatic nitrogens is 3. The second kappa shape index (κ2) is 9.35. The maximum Gasteiger partial charge on any atom is 0.490 e. The highest BCUT2D eigenvalue weighted by Gasteiger charge is 2.44. The number of aryl methyl sites for hydroxylation is 2. The molecule has 4 heterocycles. The van der Waals surface area contributed by atoms with Crippen LogP contribution in [0.3, 0.4) is 0 Å². The highest BCUT2D eigenvalue weighted by Crippen LogP contribution is 2.39. The molecular weight excluding hydrogens is 427 g/mol. The number of rotatable bonds is 3. The summed E-state index contributed by atoms with van der Waals surface area (Å²) >= 11 is 0. The van der Waals surface area contributed by atoms with Crippen molar-refractivity contribution in [2.24, 2.45) is 14.1 Å². The van der Waals surface area contributed by atoms with Crippen molar-refractivity contribution < 1.29 is 27.9 Å². The van der Waals surface area contributed by atoms with Crippen LogP contribution in [0, 0.1) is 0 Å². The van der Waals surface area contributed by atoms with Crippen LogP contribution in [-0.2, 0) is 25.4 Å². The zero-order valence-electron chi connectivity index (χ0n) is 18.2. The minimum Gasteiger partial charge on any atom is -0.475 e. The predicted octanol–water partition coefficient (Wildman–Crippen LogP) is 2.66. The summed E-state index contributed by atoms with van der Waals surface area (Å²) in [4.78, 5) is 26.3. The monoisotopic (exact) mass is 455 g/mol. The number of nitrogens with zero attached hydrogens (tertiary/aromatic N) is 5. The van der Waals surface area contributed by atoms with Crippen molar-refractivity contribution in [1.82, 2.24) is 24.1 Å². The van der Waals surface area contributed by atoms with Crippen molar-refractivity contribution in [3.05, 3.63) is 42.0 Å². The third-order valence-corrected chi connectivity index (χ3v) is 6.26. The maximum absolute atomic E-state index is 12.7. The van der Waals surface area contributed by atoms with Crippen molar-refractivity contribution in [1.29, 1.82) is 0 Å². The Morgan fingerprint density at radius 2 is 1.81 bits per heavy atom. The van der Waals surface area contributed by atoms with E-state index in [4.69, 9.17) is 9.90 Å². The molecule has 8 nitrogen and oxygen atoms in total. The number of carboxylic acid groups (broad SMARTS) is 1. The lowest BCUT2D eigenvalue weighted by molar-refractivity contribution is -0.192. The number of aliphatic carboxylic acids is 1. The SMILES string of the molecule is Cn1cc(CN2CCCC23CCN(C(=O)c2cccn2C)CC3)cn1.O=C(O)C(F)(F)F. The minimum atomic E-state index is -5.08. The van der Waals surface area contributed by atoms with Crippen LogP contribution in [0.1, 0.15) is 41.7 Å². The fourth-order valence-corrected chi connectivity index (χ4v) is 4.55. The Morgan fingerprint density at radius 3 is 2.31 bits per heavy atom. The Balaban J connectivity index is 0.000000360. The number of hydrogen-bond donors (Lipinski definition) is 1. The van der Waals surface area contributed by atoms with Crippen LogP contribution < -0.4 is 0 Å². The molecule has 0 aromatic carbocycles. The van der Waals surface area contributed by atoms with Crippen LogP contribution >= 0.6 is 0 Å². The molecule has 2 saturated heterocycles. The molecule has 0 atom stereocenters. The predicted molar refractivity (Wildman–Crippen MR) is 110 cm³/mol. The number of hydrogen-bond acceptors (Lipinski definition) is 4. The Morgan fingerprint density at radius 1 is 1.16 bits per heavy atom. The van der Waals surface area contributed by atoms with Gasteiger partial charge in [-0.05, 0) is 44.4 Å². The van der Waals surface area contributed by atoms with Crippen LogP contribution in [0.15, 0.2) is 30.7 Å². The molecule has 2 aromatic rings. The van der Waals surface area contributed by atoms with Gasteiger partial charge in [0.2, 0.25) is 0 Å². The molecule has 0 aliphatic carbocycles. The molecule has 0 unspecified atom stereocenters. The Bertz CT molecular complexity index is 945. The van der Waals surface area contributed by atoms with Crippen LogP contribution in [0.25, 0.3) is 0 Å². The van der Waals surface area contributed by atoms with Crippen molar-refractivity contribution in [2.45, 2.75) is 43.9 Å².